The van der Waals surface area contributed by atoms with E-state index in [-0.39, 0.29) is 11.7 Å². The number of halogens is 1. The smallest absolute Gasteiger partial charge is 0.272 e. The van der Waals surface area contributed by atoms with E-state index in [1.165, 1.54) is 25.1 Å². The Labute approximate surface area is 160 Å². The van der Waals surface area contributed by atoms with Crippen LogP contribution in [0, 0.1) is 5.82 Å². The van der Waals surface area contributed by atoms with Crippen LogP contribution in [-0.4, -0.2) is 48.5 Å². The standard InChI is InChI=1S/C20H19FN6O/c21-13-5-6-18-23-11-17(27(18)12-13)19-14-10-22-16(9-15(14)24-25-19)20(28)26-7-3-1-2-4-8-26/h5-6,9-12H,1-4,7-8H2,(H,24,25). The van der Waals surface area contributed by atoms with Crippen LogP contribution in [0.4, 0.5) is 4.39 Å². The average Bonchev–Trinajstić information content (AvgIpc) is 3.20. The number of nitrogens with zero attached hydrogens (tertiary/aromatic N) is 5. The maximum absolute atomic E-state index is 13.7. The summed E-state index contributed by atoms with van der Waals surface area (Å²) in [7, 11) is 0. The maximum Gasteiger partial charge on any atom is 0.272 e. The number of carbonyl (C=O) groups is 1. The van der Waals surface area contributed by atoms with E-state index in [1.807, 2.05) is 4.90 Å². The summed E-state index contributed by atoms with van der Waals surface area (Å²) in [4.78, 5) is 23.4. The predicted molar refractivity (Wildman–Crippen MR) is 102 cm³/mol. The number of H-pyrrole nitrogens is 1. The van der Waals surface area contributed by atoms with Gasteiger partial charge in [0.1, 0.15) is 22.9 Å². The molecule has 7 nitrogen and oxygen atoms in total. The van der Waals surface area contributed by atoms with Crippen LogP contribution in [0.1, 0.15) is 36.2 Å². The summed E-state index contributed by atoms with van der Waals surface area (Å²) in [6.45, 7) is 1.56. The summed E-state index contributed by atoms with van der Waals surface area (Å²) in [5.41, 5.74) is 3.04. The van der Waals surface area contributed by atoms with Crippen molar-refractivity contribution in [1.82, 2.24) is 29.5 Å². The molecule has 8 heteroatoms. The molecule has 5 rings (SSSR count). The Balaban J connectivity index is 1.53. The number of hydrogen-bond donors (Lipinski definition) is 1. The Hall–Kier alpha value is -3.29. The molecule has 0 aliphatic carbocycles. The van der Waals surface area contributed by atoms with Crippen molar-refractivity contribution < 1.29 is 9.18 Å². The van der Waals surface area contributed by atoms with Crippen molar-refractivity contribution in [2.24, 2.45) is 0 Å². The van der Waals surface area contributed by atoms with Gasteiger partial charge in [-0.3, -0.25) is 19.3 Å². The molecule has 1 amide bonds. The van der Waals surface area contributed by atoms with E-state index in [4.69, 9.17) is 0 Å². The first-order valence-corrected chi connectivity index (χ1v) is 9.47. The lowest BCUT2D eigenvalue weighted by atomic mass is 10.2. The summed E-state index contributed by atoms with van der Waals surface area (Å²) in [6, 6.07) is 4.73. The molecule has 0 atom stereocenters. The van der Waals surface area contributed by atoms with Crippen LogP contribution in [-0.2, 0) is 0 Å². The highest BCUT2D eigenvalue weighted by atomic mass is 19.1. The molecule has 0 radical (unpaired) electrons. The van der Waals surface area contributed by atoms with E-state index >= 15 is 0 Å². The van der Waals surface area contributed by atoms with E-state index in [1.54, 1.807) is 28.9 Å². The summed E-state index contributed by atoms with van der Waals surface area (Å²) in [5, 5.41) is 8.11. The lowest BCUT2D eigenvalue weighted by Crippen LogP contribution is -2.32. The van der Waals surface area contributed by atoms with Crippen molar-refractivity contribution in [1.29, 1.82) is 0 Å². The molecule has 1 saturated heterocycles. The zero-order valence-electron chi connectivity index (χ0n) is 15.2. The number of amides is 1. The molecule has 142 valence electrons. The second-order valence-electron chi connectivity index (χ2n) is 7.11. The lowest BCUT2D eigenvalue weighted by Gasteiger charge is -2.19. The summed E-state index contributed by atoms with van der Waals surface area (Å²) in [5.74, 6) is -0.396. The van der Waals surface area contributed by atoms with Crippen LogP contribution in [0.3, 0.4) is 0 Å². The highest BCUT2D eigenvalue weighted by molar-refractivity contribution is 5.98. The van der Waals surface area contributed by atoms with E-state index in [2.05, 4.69) is 20.2 Å². The Bertz CT molecular complexity index is 1170. The number of nitrogens with one attached hydrogen (secondary N) is 1. The maximum atomic E-state index is 13.7. The van der Waals surface area contributed by atoms with E-state index in [0.29, 0.717) is 22.7 Å². The minimum absolute atomic E-state index is 0.0446. The Morgan fingerprint density at radius 1 is 1.07 bits per heavy atom. The normalized spacial score (nSPS) is 15.2. The van der Waals surface area contributed by atoms with Gasteiger partial charge < -0.3 is 4.90 Å². The number of carbonyl (C=O) groups excluding carboxylic acids is 1. The van der Waals surface area contributed by atoms with Gasteiger partial charge in [0.15, 0.2) is 0 Å². The highest BCUT2D eigenvalue weighted by Crippen LogP contribution is 2.27. The minimum atomic E-state index is -0.352. The van der Waals surface area contributed by atoms with Gasteiger partial charge in [0.05, 0.1) is 17.4 Å². The molecule has 0 unspecified atom stereocenters. The molecule has 5 heterocycles. The number of aromatic amines is 1. The van der Waals surface area contributed by atoms with E-state index in [9.17, 15) is 9.18 Å². The molecule has 28 heavy (non-hydrogen) atoms. The van der Waals surface area contributed by atoms with E-state index < -0.39 is 0 Å². The van der Waals surface area contributed by atoms with Crippen molar-refractivity contribution in [2.45, 2.75) is 25.7 Å². The molecular weight excluding hydrogens is 359 g/mol. The summed E-state index contributed by atoms with van der Waals surface area (Å²) < 4.78 is 15.3. The molecule has 0 saturated carbocycles. The summed E-state index contributed by atoms with van der Waals surface area (Å²) >= 11 is 0. The molecule has 1 aliphatic rings. The van der Waals surface area contributed by atoms with Crippen molar-refractivity contribution in [3.8, 4) is 11.4 Å². The van der Waals surface area contributed by atoms with Crippen molar-refractivity contribution >= 4 is 22.5 Å². The first-order valence-electron chi connectivity index (χ1n) is 9.47. The van der Waals surface area contributed by atoms with E-state index in [0.717, 1.165) is 36.8 Å². The third-order valence-corrected chi connectivity index (χ3v) is 5.27. The van der Waals surface area contributed by atoms with Gasteiger partial charge in [0, 0.05) is 30.9 Å². The molecular formula is C20H19FN6O. The number of aromatic nitrogens is 5. The predicted octanol–water partition coefficient (Wildman–Crippen LogP) is 3.43. The molecule has 0 bridgehead atoms. The van der Waals surface area contributed by atoms with Gasteiger partial charge in [-0.05, 0) is 31.0 Å². The first-order chi connectivity index (χ1) is 13.7. The molecule has 4 aromatic rings. The Morgan fingerprint density at radius 2 is 1.89 bits per heavy atom. The van der Waals surface area contributed by atoms with Gasteiger partial charge in [-0.1, -0.05) is 12.8 Å². The molecule has 1 fully saturated rings. The van der Waals surface area contributed by atoms with Crippen LogP contribution in [0.25, 0.3) is 27.9 Å². The molecule has 0 spiro atoms. The van der Waals surface area contributed by atoms with Crippen molar-refractivity contribution in [3.63, 3.8) is 0 Å². The van der Waals surface area contributed by atoms with Crippen LogP contribution in [0.2, 0.25) is 0 Å². The third kappa shape index (κ3) is 2.81. The molecule has 1 N–H and O–H groups in total. The zero-order valence-corrected chi connectivity index (χ0v) is 15.2. The molecule has 0 aromatic carbocycles. The third-order valence-electron chi connectivity index (χ3n) is 5.27. The van der Waals surface area contributed by atoms with Crippen LogP contribution < -0.4 is 0 Å². The zero-order chi connectivity index (χ0) is 19.1. The number of imidazole rings is 1. The Kier molecular flexibility index (Phi) is 4.03. The largest absolute Gasteiger partial charge is 0.337 e. The lowest BCUT2D eigenvalue weighted by molar-refractivity contribution is 0.0756. The number of rotatable bonds is 2. The number of hydrogen-bond acceptors (Lipinski definition) is 4. The van der Waals surface area contributed by atoms with Gasteiger partial charge >= 0.3 is 0 Å². The fourth-order valence-corrected chi connectivity index (χ4v) is 3.79. The number of fused-ring (bicyclic) bond motifs is 2. The van der Waals surface area contributed by atoms with Crippen LogP contribution in [0.15, 0.2) is 36.8 Å². The monoisotopic (exact) mass is 378 g/mol. The van der Waals surface area contributed by atoms with Gasteiger partial charge in [-0.25, -0.2) is 9.37 Å². The number of likely N-dealkylation sites (tertiary alicyclic amines) is 1. The number of pyridine rings is 2. The van der Waals surface area contributed by atoms with Gasteiger partial charge in [-0.15, -0.1) is 0 Å². The second-order valence-corrected chi connectivity index (χ2v) is 7.11. The SMILES string of the molecule is O=C(c1cc2[nH]nc(-c3cnc4ccc(F)cn34)c2cn1)N1CCCCCC1. The fourth-order valence-electron chi connectivity index (χ4n) is 3.79. The highest BCUT2D eigenvalue weighted by Gasteiger charge is 2.20. The van der Waals surface area contributed by atoms with Gasteiger partial charge in [0.2, 0.25) is 0 Å². The molecule has 1 aliphatic heterocycles. The quantitative estimate of drug-likeness (QED) is 0.580. The van der Waals surface area contributed by atoms with Crippen molar-refractivity contribution in [3.05, 3.63) is 48.3 Å². The van der Waals surface area contributed by atoms with Gasteiger partial charge in [0.25, 0.3) is 5.91 Å². The van der Waals surface area contributed by atoms with Gasteiger partial charge in [-0.2, -0.15) is 5.10 Å². The fraction of sp³-hybridized carbons (Fsp3) is 0.300. The van der Waals surface area contributed by atoms with Crippen LogP contribution >= 0.6 is 0 Å². The second kappa shape index (κ2) is 6.70. The topological polar surface area (TPSA) is 79.2 Å². The average molecular weight is 378 g/mol. The van der Waals surface area contributed by atoms with Crippen LogP contribution in [0.5, 0.6) is 0 Å². The minimum Gasteiger partial charge on any atom is -0.337 e. The molecule has 4 aromatic heterocycles. The summed E-state index contributed by atoms with van der Waals surface area (Å²) in [6.07, 6.45) is 9.08. The first kappa shape index (κ1) is 16.9. The van der Waals surface area contributed by atoms with Crippen molar-refractivity contribution in [2.75, 3.05) is 13.1 Å². The Morgan fingerprint density at radius 3 is 2.71 bits per heavy atom.